The highest BCUT2D eigenvalue weighted by atomic mass is 32.2. The van der Waals surface area contributed by atoms with E-state index in [9.17, 15) is 0 Å². The van der Waals surface area contributed by atoms with Gasteiger partial charge in [-0.1, -0.05) is 104 Å². The van der Waals surface area contributed by atoms with E-state index in [0.717, 1.165) is 0 Å². The summed E-state index contributed by atoms with van der Waals surface area (Å²) in [6.07, 6.45) is 21.6. The topological polar surface area (TPSA) is 26.0 Å². The van der Waals surface area contributed by atoms with E-state index in [1.807, 2.05) is 0 Å². The third kappa shape index (κ3) is 15.6. The second kappa shape index (κ2) is 17.1. The van der Waals surface area contributed by atoms with Gasteiger partial charge in [-0.25, -0.2) is 0 Å². The molecule has 0 aliphatic rings. The van der Waals surface area contributed by atoms with Gasteiger partial charge in [0.25, 0.3) is 0 Å². The molecule has 0 saturated heterocycles. The quantitative estimate of drug-likeness (QED) is 0.204. The molecule has 0 unspecified atom stereocenters. The highest BCUT2D eigenvalue weighted by molar-refractivity contribution is 8.00. The van der Waals surface area contributed by atoms with Crippen molar-refractivity contribution in [1.29, 1.82) is 0 Å². The lowest BCUT2D eigenvalue weighted by Crippen LogP contribution is -2.36. The highest BCUT2D eigenvalue weighted by Crippen LogP contribution is 2.32. The molecule has 140 valence electrons. The van der Waals surface area contributed by atoms with Crippen molar-refractivity contribution in [2.75, 3.05) is 5.75 Å². The van der Waals surface area contributed by atoms with Crippen molar-refractivity contribution in [3.05, 3.63) is 0 Å². The lowest BCUT2D eigenvalue weighted by molar-refractivity contribution is 0.464. The van der Waals surface area contributed by atoms with E-state index in [2.05, 4.69) is 32.5 Å². The van der Waals surface area contributed by atoms with Crippen LogP contribution in [0.5, 0.6) is 0 Å². The van der Waals surface area contributed by atoms with Crippen molar-refractivity contribution in [3.63, 3.8) is 0 Å². The van der Waals surface area contributed by atoms with Crippen LogP contribution in [0.25, 0.3) is 0 Å². The standard InChI is InChI=1S/C21H45NS/c1-4-7-10-11-12-13-14-17-20-23-21(22,18-15-8-5-2)19-16-9-6-3/h4-20,22H2,1-3H3. The van der Waals surface area contributed by atoms with Gasteiger partial charge < -0.3 is 5.73 Å². The Balaban J connectivity index is 3.76. The summed E-state index contributed by atoms with van der Waals surface area (Å²) < 4.78 is 0. The van der Waals surface area contributed by atoms with Crippen molar-refractivity contribution < 1.29 is 0 Å². The normalized spacial score (nSPS) is 12.0. The van der Waals surface area contributed by atoms with Gasteiger partial charge in [0, 0.05) is 0 Å². The van der Waals surface area contributed by atoms with Crippen molar-refractivity contribution in [2.45, 2.75) is 128 Å². The molecule has 2 heteroatoms. The Morgan fingerprint density at radius 2 is 0.957 bits per heavy atom. The van der Waals surface area contributed by atoms with Gasteiger partial charge in [0.2, 0.25) is 0 Å². The minimum Gasteiger partial charge on any atom is -0.317 e. The van der Waals surface area contributed by atoms with Crippen LogP contribution in [0.4, 0.5) is 0 Å². The van der Waals surface area contributed by atoms with Gasteiger partial charge in [-0.05, 0) is 25.0 Å². The van der Waals surface area contributed by atoms with Crippen LogP contribution in [0.3, 0.4) is 0 Å². The van der Waals surface area contributed by atoms with Crippen LogP contribution in [0.2, 0.25) is 0 Å². The van der Waals surface area contributed by atoms with Crippen LogP contribution < -0.4 is 5.73 Å². The second-order valence-electron chi connectivity index (χ2n) is 7.30. The van der Waals surface area contributed by atoms with Crippen LogP contribution >= 0.6 is 11.8 Å². The van der Waals surface area contributed by atoms with Crippen LogP contribution in [0.15, 0.2) is 0 Å². The molecule has 0 aromatic rings. The lowest BCUT2D eigenvalue weighted by Gasteiger charge is -2.29. The summed E-state index contributed by atoms with van der Waals surface area (Å²) in [5.41, 5.74) is 6.74. The SMILES string of the molecule is CCCCCCCCCCSC(N)(CCCCC)CCCCC. The summed E-state index contributed by atoms with van der Waals surface area (Å²) in [5, 5.41) is 0. The lowest BCUT2D eigenvalue weighted by atomic mass is 10.0. The molecule has 0 spiro atoms. The molecule has 23 heavy (non-hydrogen) atoms. The van der Waals surface area contributed by atoms with Gasteiger partial charge in [0.15, 0.2) is 0 Å². The molecule has 0 rings (SSSR count). The van der Waals surface area contributed by atoms with E-state index in [4.69, 9.17) is 5.73 Å². The van der Waals surface area contributed by atoms with E-state index in [1.165, 1.54) is 108 Å². The first-order valence-corrected chi connectivity index (χ1v) is 11.6. The number of unbranched alkanes of at least 4 members (excludes halogenated alkanes) is 11. The van der Waals surface area contributed by atoms with E-state index in [0.29, 0.717) is 0 Å². The smallest absolute Gasteiger partial charge is 0.0620 e. The molecule has 0 aromatic heterocycles. The summed E-state index contributed by atoms with van der Waals surface area (Å²) >= 11 is 2.07. The minimum absolute atomic E-state index is 0.0610. The summed E-state index contributed by atoms with van der Waals surface area (Å²) in [6.45, 7) is 6.85. The third-order valence-corrected chi connectivity index (χ3v) is 6.27. The van der Waals surface area contributed by atoms with Gasteiger partial charge >= 0.3 is 0 Å². The summed E-state index contributed by atoms with van der Waals surface area (Å²) in [5.74, 6) is 1.27. The fourth-order valence-electron chi connectivity index (χ4n) is 3.13. The highest BCUT2D eigenvalue weighted by Gasteiger charge is 2.23. The van der Waals surface area contributed by atoms with Gasteiger partial charge in [-0.2, -0.15) is 0 Å². The Morgan fingerprint density at radius 3 is 1.43 bits per heavy atom. The summed E-state index contributed by atoms with van der Waals surface area (Å²) in [4.78, 5) is 0.0610. The maximum absolute atomic E-state index is 6.74. The molecule has 0 aromatic carbocycles. The Labute approximate surface area is 152 Å². The molecular weight excluding hydrogens is 298 g/mol. The number of rotatable bonds is 18. The molecular formula is C21H45NS. The van der Waals surface area contributed by atoms with Crippen LogP contribution in [-0.2, 0) is 0 Å². The van der Waals surface area contributed by atoms with E-state index < -0.39 is 0 Å². The zero-order valence-corrected chi connectivity index (χ0v) is 17.3. The van der Waals surface area contributed by atoms with Crippen LogP contribution in [-0.4, -0.2) is 10.6 Å². The predicted molar refractivity (Wildman–Crippen MR) is 110 cm³/mol. The molecule has 0 saturated carbocycles. The molecule has 0 amide bonds. The van der Waals surface area contributed by atoms with Crippen LogP contribution in [0.1, 0.15) is 124 Å². The molecule has 0 aliphatic carbocycles. The minimum atomic E-state index is 0.0610. The fourth-order valence-corrected chi connectivity index (χ4v) is 4.46. The third-order valence-electron chi connectivity index (χ3n) is 4.79. The zero-order valence-electron chi connectivity index (χ0n) is 16.5. The van der Waals surface area contributed by atoms with E-state index in [-0.39, 0.29) is 4.87 Å². The van der Waals surface area contributed by atoms with E-state index in [1.54, 1.807) is 0 Å². The Hall–Kier alpha value is 0.310. The second-order valence-corrected chi connectivity index (χ2v) is 8.81. The van der Waals surface area contributed by atoms with Crippen molar-refractivity contribution in [1.82, 2.24) is 0 Å². The first-order chi connectivity index (χ1) is 11.2. The zero-order chi connectivity index (χ0) is 17.2. The number of thioether (sulfide) groups is 1. The van der Waals surface area contributed by atoms with Gasteiger partial charge in [0.1, 0.15) is 0 Å². The predicted octanol–water partition coefficient (Wildman–Crippen LogP) is 7.68. The van der Waals surface area contributed by atoms with Crippen LogP contribution in [0, 0.1) is 0 Å². The molecule has 0 fully saturated rings. The number of hydrogen-bond acceptors (Lipinski definition) is 2. The Bertz CT molecular complexity index is 220. The van der Waals surface area contributed by atoms with Crippen molar-refractivity contribution in [2.24, 2.45) is 5.73 Å². The van der Waals surface area contributed by atoms with E-state index >= 15 is 0 Å². The maximum Gasteiger partial charge on any atom is 0.0620 e. The van der Waals surface area contributed by atoms with Gasteiger partial charge in [0.05, 0.1) is 4.87 Å². The number of nitrogens with two attached hydrogens (primary N) is 1. The number of hydrogen-bond donors (Lipinski definition) is 1. The summed E-state index contributed by atoms with van der Waals surface area (Å²) in [6, 6.07) is 0. The monoisotopic (exact) mass is 343 g/mol. The largest absolute Gasteiger partial charge is 0.317 e. The Morgan fingerprint density at radius 1 is 0.565 bits per heavy atom. The molecule has 0 heterocycles. The average Bonchev–Trinajstić information content (AvgIpc) is 2.54. The first-order valence-electron chi connectivity index (χ1n) is 10.6. The molecule has 1 nitrogen and oxygen atoms in total. The molecule has 0 atom stereocenters. The van der Waals surface area contributed by atoms with Crippen molar-refractivity contribution >= 4 is 11.8 Å². The fraction of sp³-hybridized carbons (Fsp3) is 1.00. The van der Waals surface area contributed by atoms with Gasteiger partial charge in [-0.3, -0.25) is 0 Å². The summed E-state index contributed by atoms with van der Waals surface area (Å²) in [7, 11) is 0. The maximum atomic E-state index is 6.74. The molecule has 0 bridgehead atoms. The van der Waals surface area contributed by atoms with Gasteiger partial charge in [-0.15, -0.1) is 11.8 Å². The molecule has 2 N–H and O–H groups in total. The average molecular weight is 344 g/mol. The van der Waals surface area contributed by atoms with Crippen molar-refractivity contribution in [3.8, 4) is 0 Å². The Kier molecular flexibility index (Phi) is 17.4. The molecule has 0 radical (unpaired) electrons. The first kappa shape index (κ1) is 23.3. The molecule has 0 aliphatic heterocycles.